The highest BCUT2D eigenvalue weighted by Gasteiger charge is 2.54. The Balaban J connectivity index is 2.18. The van der Waals surface area contributed by atoms with E-state index in [0.717, 1.165) is 0 Å². The molecule has 136 valence electrons. The van der Waals surface area contributed by atoms with E-state index in [4.69, 9.17) is 14.2 Å². The van der Waals surface area contributed by atoms with Gasteiger partial charge in [-0.25, -0.2) is 0 Å². The van der Waals surface area contributed by atoms with Crippen molar-refractivity contribution in [3.05, 3.63) is 0 Å². The van der Waals surface area contributed by atoms with E-state index >= 15 is 0 Å². The summed E-state index contributed by atoms with van der Waals surface area (Å²) in [5.41, 5.74) is 0. The van der Waals surface area contributed by atoms with Crippen LogP contribution in [0.1, 0.15) is 34.6 Å². The summed E-state index contributed by atoms with van der Waals surface area (Å²) in [6.45, 7) is 9.73. The van der Waals surface area contributed by atoms with E-state index in [1.54, 1.807) is 0 Å². The van der Waals surface area contributed by atoms with E-state index in [0.29, 0.717) is 5.92 Å². The Bertz CT molecular complexity index is 389. The maximum atomic E-state index is 9.94. The normalized spacial score (nSPS) is 51.1. The highest BCUT2D eigenvalue weighted by molar-refractivity contribution is 4.93. The van der Waals surface area contributed by atoms with Crippen molar-refractivity contribution in [3.8, 4) is 0 Å². The first-order valence-electron chi connectivity index (χ1n) is 8.65. The molecule has 0 radical (unpaired) electrons. The van der Waals surface area contributed by atoms with Crippen LogP contribution in [-0.2, 0) is 14.2 Å². The summed E-state index contributed by atoms with van der Waals surface area (Å²) in [6.07, 6.45) is -1.21. The van der Waals surface area contributed by atoms with Crippen molar-refractivity contribution in [1.82, 2.24) is 0 Å². The van der Waals surface area contributed by atoms with Crippen LogP contribution < -0.4 is 0 Å². The Labute approximate surface area is 138 Å². The summed E-state index contributed by atoms with van der Waals surface area (Å²) in [7, 11) is 0. The molecular formula is C17H32O6. The van der Waals surface area contributed by atoms with Crippen molar-refractivity contribution in [1.29, 1.82) is 0 Å². The zero-order valence-corrected chi connectivity index (χ0v) is 14.8. The first kappa shape index (κ1) is 19.1. The first-order valence-corrected chi connectivity index (χ1v) is 8.65. The summed E-state index contributed by atoms with van der Waals surface area (Å²) in [4.78, 5) is 0. The molecule has 9 atom stereocenters. The van der Waals surface area contributed by atoms with Gasteiger partial charge in [-0.05, 0) is 17.8 Å². The molecule has 2 fully saturated rings. The van der Waals surface area contributed by atoms with Crippen molar-refractivity contribution in [3.63, 3.8) is 0 Å². The van der Waals surface area contributed by atoms with Crippen molar-refractivity contribution < 1.29 is 29.5 Å². The smallest absolute Gasteiger partial charge is 0.197 e. The molecule has 0 aromatic heterocycles. The van der Waals surface area contributed by atoms with Crippen LogP contribution in [0, 0.1) is 29.6 Å². The Morgan fingerprint density at radius 1 is 0.826 bits per heavy atom. The van der Waals surface area contributed by atoms with Crippen molar-refractivity contribution in [2.24, 2.45) is 29.6 Å². The minimum absolute atomic E-state index is 0.0592. The second-order valence-electron chi connectivity index (χ2n) is 7.38. The van der Waals surface area contributed by atoms with Gasteiger partial charge in [0.05, 0.1) is 32.0 Å². The van der Waals surface area contributed by atoms with Gasteiger partial charge in [0.25, 0.3) is 0 Å². The average Bonchev–Trinajstić information content (AvgIpc) is 2.80. The van der Waals surface area contributed by atoms with Gasteiger partial charge >= 0.3 is 0 Å². The fraction of sp³-hybridized carbons (Fsp3) is 1.00. The molecule has 0 amide bonds. The molecule has 2 heterocycles. The Kier molecular flexibility index (Phi) is 6.09. The van der Waals surface area contributed by atoms with Crippen LogP contribution in [0.4, 0.5) is 0 Å². The molecule has 0 aromatic rings. The lowest BCUT2D eigenvalue weighted by molar-refractivity contribution is -0.362. The second-order valence-corrected chi connectivity index (χ2v) is 7.38. The second kappa shape index (κ2) is 7.33. The third-order valence-corrected chi connectivity index (χ3v) is 6.30. The van der Waals surface area contributed by atoms with Crippen LogP contribution in [0.3, 0.4) is 0 Å². The third kappa shape index (κ3) is 3.30. The van der Waals surface area contributed by atoms with Crippen molar-refractivity contribution >= 4 is 0 Å². The van der Waals surface area contributed by atoms with Crippen LogP contribution in [0.25, 0.3) is 0 Å². The first-order chi connectivity index (χ1) is 10.8. The standard InChI is InChI=1S/C17H32O6/c1-9-10(2)14(6-18)21-16(11(9)3)23-17(8-20)13(5)12(4)15(7-19)22-17/h9-16,18-20H,6-8H2,1-5H3. The summed E-state index contributed by atoms with van der Waals surface area (Å²) < 4.78 is 18.0. The van der Waals surface area contributed by atoms with Crippen molar-refractivity contribution in [2.45, 2.75) is 58.9 Å². The fourth-order valence-electron chi connectivity index (χ4n) is 3.78. The molecule has 23 heavy (non-hydrogen) atoms. The average molecular weight is 332 g/mol. The minimum Gasteiger partial charge on any atom is -0.394 e. The molecule has 0 bridgehead atoms. The third-order valence-electron chi connectivity index (χ3n) is 6.30. The quantitative estimate of drug-likeness (QED) is 0.695. The van der Waals surface area contributed by atoms with Crippen LogP contribution in [-0.4, -0.2) is 59.4 Å². The van der Waals surface area contributed by atoms with Gasteiger partial charge in [-0.2, -0.15) is 0 Å². The lowest BCUT2D eigenvalue weighted by atomic mass is 9.79. The predicted molar refractivity (Wildman–Crippen MR) is 84.4 cm³/mol. The molecule has 2 saturated heterocycles. The van der Waals surface area contributed by atoms with Gasteiger partial charge in [-0.1, -0.05) is 34.6 Å². The molecule has 0 saturated carbocycles. The van der Waals surface area contributed by atoms with Crippen LogP contribution in [0.5, 0.6) is 0 Å². The van der Waals surface area contributed by atoms with Gasteiger partial charge in [0.1, 0.15) is 0 Å². The molecule has 0 spiro atoms. The Morgan fingerprint density at radius 3 is 1.91 bits per heavy atom. The van der Waals surface area contributed by atoms with Crippen LogP contribution in [0.2, 0.25) is 0 Å². The molecule has 2 rings (SSSR count). The van der Waals surface area contributed by atoms with Gasteiger partial charge in [-0.15, -0.1) is 0 Å². The SMILES string of the molecule is CC1C(CO)OC(OC2(CO)OC(CO)C(C)C2C)C(C)C1C. The summed E-state index contributed by atoms with van der Waals surface area (Å²) in [5, 5.41) is 29.0. The number of hydrogen-bond donors (Lipinski definition) is 3. The molecular weight excluding hydrogens is 300 g/mol. The number of hydrogen-bond acceptors (Lipinski definition) is 6. The highest BCUT2D eigenvalue weighted by Crippen LogP contribution is 2.44. The number of rotatable bonds is 5. The van der Waals surface area contributed by atoms with Crippen molar-refractivity contribution in [2.75, 3.05) is 19.8 Å². The van der Waals surface area contributed by atoms with E-state index in [9.17, 15) is 15.3 Å². The zero-order valence-electron chi connectivity index (χ0n) is 14.8. The summed E-state index contributed by atoms with van der Waals surface area (Å²) in [5.74, 6) is -0.545. The number of aliphatic hydroxyl groups excluding tert-OH is 3. The van der Waals surface area contributed by atoms with Gasteiger partial charge in [0, 0.05) is 11.8 Å². The van der Waals surface area contributed by atoms with Crippen LogP contribution in [0.15, 0.2) is 0 Å². The lowest BCUT2D eigenvalue weighted by Gasteiger charge is -2.46. The minimum atomic E-state index is -1.17. The molecule has 6 heteroatoms. The maximum absolute atomic E-state index is 9.94. The Morgan fingerprint density at radius 2 is 1.43 bits per heavy atom. The fourth-order valence-corrected chi connectivity index (χ4v) is 3.78. The molecule has 0 aromatic carbocycles. The van der Waals surface area contributed by atoms with Gasteiger partial charge < -0.3 is 29.5 Å². The van der Waals surface area contributed by atoms with Gasteiger partial charge in [0.15, 0.2) is 12.1 Å². The lowest BCUT2D eigenvalue weighted by Crippen LogP contribution is -2.53. The van der Waals surface area contributed by atoms with E-state index in [2.05, 4.69) is 20.8 Å². The molecule has 2 aliphatic heterocycles. The molecule has 2 aliphatic rings. The van der Waals surface area contributed by atoms with E-state index in [-0.39, 0.29) is 55.7 Å². The van der Waals surface area contributed by atoms with E-state index in [1.165, 1.54) is 0 Å². The number of ether oxygens (including phenoxy) is 3. The zero-order chi connectivity index (χ0) is 17.4. The molecule has 9 unspecified atom stereocenters. The molecule has 0 aliphatic carbocycles. The van der Waals surface area contributed by atoms with Gasteiger partial charge in [-0.3, -0.25) is 0 Å². The summed E-state index contributed by atoms with van der Waals surface area (Å²) in [6, 6.07) is 0. The monoisotopic (exact) mass is 332 g/mol. The molecule has 3 N–H and O–H groups in total. The largest absolute Gasteiger partial charge is 0.394 e. The van der Waals surface area contributed by atoms with Crippen LogP contribution >= 0.6 is 0 Å². The predicted octanol–water partition coefficient (Wildman–Crippen LogP) is 0.980. The van der Waals surface area contributed by atoms with E-state index in [1.807, 2.05) is 13.8 Å². The van der Waals surface area contributed by atoms with E-state index < -0.39 is 12.1 Å². The highest BCUT2D eigenvalue weighted by atomic mass is 16.8. The molecule has 6 nitrogen and oxygen atoms in total. The summed E-state index contributed by atoms with van der Waals surface area (Å²) >= 11 is 0. The Hall–Kier alpha value is -0.240. The maximum Gasteiger partial charge on any atom is 0.197 e. The number of aliphatic hydroxyl groups is 3. The topological polar surface area (TPSA) is 88.4 Å². The van der Waals surface area contributed by atoms with Gasteiger partial charge in [0.2, 0.25) is 0 Å².